The summed E-state index contributed by atoms with van der Waals surface area (Å²) >= 11 is 0. The molecule has 0 N–H and O–H groups in total. The van der Waals surface area contributed by atoms with Crippen LogP contribution in [0.3, 0.4) is 0 Å². The molecule has 1 fully saturated rings. The maximum Gasteiger partial charge on any atom is 0.598 e. The van der Waals surface area contributed by atoms with Gasteiger partial charge in [0, 0.05) is 5.70 Å². The number of hydrogen-bond acceptors (Lipinski definition) is 3. The van der Waals surface area contributed by atoms with E-state index < -0.39 is 8.07 Å². The molecular weight excluding hydrogens is 325 g/mol. The van der Waals surface area contributed by atoms with Crippen LogP contribution in [-0.2, 0) is 9.31 Å². The third-order valence-electron chi connectivity index (χ3n) is 6.10. The Hall–Kier alpha value is -1.30. The second kappa shape index (κ2) is 6.15. The summed E-state index contributed by atoms with van der Waals surface area (Å²) in [6.07, 6.45) is 6.85. The van der Waals surface area contributed by atoms with Crippen molar-refractivity contribution >= 4 is 20.5 Å². The van der Waals surface area contributed by atoms with Gasteiger partial charge in [-0.1, -0.05) is 60.8 Å². The van der Waals surface area contributed by atoms with E-state index in [4.69, 9.17) is 9.31 Å². The van der Waals surface area contributed by atoms with Gasteiger partial charge in [-0.25, -0.2) is 0 Å². The van der Waals surface area contributed by atoms with Crippen LogP contribution in [0.5, 0.6) is 0 Å². The first-order valence-corrected chi connectivity index (χ1v) is 12.2. The van der Waals surface area contributed by atoms with Gasteiger partial charge in [-0.15, -0.1) is 0 Å². The fourth-order valence-corrected chi connectivity index (χ4v) is 6.04. The molecule has 2 aliphatic rings. The summed E-state index contributed by atoms with van der Waals surface area (Å²) in [6, 6.07) is 10.9. The van der Waals surface area contributed by atoms with Gasteiger partial charge in [-0.05, 0) is 46.4 Å². The van der Waals surface area contributed by atoms with Crippen LogP contribution in [0.1, 0.15) is 34.6 Å². The zero-order chi connectivity index (χ0) is 18.5. The Morgan fingerprint density at radius 3 is 2.08 bits per heavy atom. The van der Waals surface area contributed by atoms with Gasteiger partial charge in [-0.2, -0.15) is 0 Å². The van der Waals surface area contributed by atoms with Crippen LogP contribution in [0, 0.1) is 0 Å². The average molecular weight is 355 g/mol. The van der Waals surface area contributed by atoms with Gasteiger partial charge < -0.3 is 14.1 Å². The lowest BCUT2D eigenvalue weighted by Crippen LogP contribution is -2.47. The van der Waals surface area contributed by atoms with Crippen LogP contribution in [-0.4, -0.2) is 31.3 Å². The normalized spacial score (nSPS) is 25.2. The van der Waals surface area contributed by atoms with Crippen LogP contribution in [0.25, 0.3) is 0 Å². The van der Waals surface area contributed by atoms with E-state index in [1.54, 1.807) is 0 Å². The maximum atomic E-state index is 6.20. The van der Waals surface area contributed by atoms with E-state index in [2.05, 4.69) is 101 Å². The van der Waals surface area contributed by atoms with Gasteiger partial charge in [0.25, 0.3) is 0 Å². The summed E-state index contributed by atoms with van der Waals surface area (Å²) in [7, 11) is -1.98. The number of hydrogen-bond donors (Lipinski definition) is 0. The van der Waals surface area contributed by atoms with Gasteiger partial charge in [0.2, 0.25) is 0 Å². The van der Waals surface area contributed by atoms with Gasteiger partial charge in [-0.3, -0.25) is 0 Å². The Balaban J connectivity index is 1.80. The fourth-order valence-electron chi connectivity index (χ4n) is 3.38. The molecule has 1 aromatic carbocycles. The van der Waals surface area contributed by atoms with Crippen molar-refractivity contribution in [2.24, 2.45) is 0 Å². The monoisotopic (exact) mass is 355 g/mol. The minimum atomic E-state index is -1.62. The summed E-state index contributed by atoms with van der Waals surface area (Å²) < 4.78 is 12.4. The van der Waals surface area contributed by atoms with Crippen molar-refractivity contribution in [3.8, 4) is 0 Å². The minimum Gasteiger partial charge on any atom is -0.384 e. The molecule has 3 rings (SSSR count). The van der Waals surface area contributed by atoms with E-state index in [1.165, 1.54) is 10.9 Å². The summed E-state index contributed by atoms with van der Waals surface area (Å²) in [6.45, 7) is 15.4. The molecule has 1 unspecified atom stereocenters. The standard InChI is InChI=1S/C20H30BNO2Si/c1-16-15-18(25(6,7)17-11-9-8-10-12-17)13-14-22(16)21-23-19(2,3)20(4,5)24-21/h8-15,18H,1-7H3. The predicted octanol–water partition coefficient (Wildman–Crippen LogP) is 4.29. The average Bonchev–Trinajstić information content (AvgIpc) is 2.76. The second-order valence-electron chi connectivity index (χ2n) is 8.73. The molecule has 0 aliphatic carbocycles. The molecule has 1 atom stereocenters. The van der Waals surface area contributed by atoms with Crippen molar-refractivity contribution in [2.75, 3.05) is 0 Å². The first-order chi connectivity index (χ1) is 11.5. The van der Waals surface area contributed by atoms with Crippen molar-refractivity contribution < 1.29 is 9.31 Å². The highest BCUT2D eigenvalue weighted by Gasteiger charge is 2.54. The quantitative estimate of drug-likeness (QED) is 0.755. The van der Waals surface area contributed by atoms with Crippen LogP contribution >= 0.6 is 0 Å². The highest BCUT2D eigenvalue weighted by atomic mass is 28.3. The molecule has 1 aromatic rings. The smallest absolute Gasteiger partial charge is 0.384 e. The molecule has 0 bridgehead atoms. The largest absolute Gasteiger partial charge is 0.598 e. The van der Waals surface area contributed by atoms with Crippen molar-refractivity contribution in [3.05, 3.63) is 54.4 Å². The van der Waals surface area contributed by atoms with Gasteiger partial charge in [0.15, 0.2) is 0 Å². The highest BCUT2D eigenvalue weighted by Crippen LogP contribution is 2.40. The van der Waals surface area contributed by atoms with Crippen molar-refractivity contribution in [3.63, 3.8) is 0 Å². The Morgan fingerprint density at radius 1 is 1.00 bits per heavy atom. The Morgan fingerprint density at radius 2 is 1.56 bits per heavy atom. The topological polar surface area (TPSA) is 21.7 Å². The third-order valence-corrected chi connectivity index (χ3v) is 9.95. The summed E-state index contributed by atoms with van der Waals surface area (Å²) in [5, 5.41) is 1.48. The lowest BCUT2D eigenvalue weighted by molar-refractivity contribution is 0.00578. The lowest BCUT2D eigenvalue weighted by atomic mass is 9.90. The number of benzene rings is 1. The van der Waals surface area contributed by atoms with E-state index >= 15 is 0 Å². The molecule has 0 amide bonds. The Labute approximate surface area is 153 Å². The van der Waals surface area contributed by atoms with Gasteiger partial charge in [0.1, 0.15) is 0 Å². The van der Waals surface area contributed by atoms with Crippen molar-refractivity contribution in [1.82, 2.24) is 4.81 Å². The molecule has 2 heterocycles. The van der Waals surface area contributed by atoms with E-state index in [1.807, 2.05) is 0 Å². The molecule has 1 saturated heterocycles. The SMILES string of the molecule is CC1=CC([Si](C)(C)c2ccccc2)C=CN1B1OC(C)(C)C(C)(C)O1. The summed E-state index contributed by atoms with van der Waals surface area (Å²) in [5.74, 6) is 0. The zero-order valence-electron chi connectivity index (χ0n) is 16.5. The molecule has 0 saturated carbocycles. The number of nitrogens with zero attached hydrogens (tertiary/aromatic N) is 1. The van der Waals surface area contributed by atoms with Crippen molar-refractivity contribution in [2.45, 2.75) is 64.5 Å². The van der Waals surface area contributed by atoms with Crippen LogP contribution in [0.4, 0.5) is 0 Å². The first-order valence-electron chi connectivity index (χ1n) is 9.11. The third kappa shape index (κ3) is 3.25. The molecule has 134 valence electrons. The van der Waals surface area contributed by atoms with E-state index in [0.717, 1.165) is 0 Å². The fraction of sp³-hybridized carbons (Fsp3) is 0.500. The molecule has 0 aromatic heterocycles. The molecule has 0 spiro atoms. The van der Waals surface area contributed by atoms with E-state index in [9.17, 15) is 0 Å². The predicted molar refractivity (Wildman–Crippen MR) is 108 cm³/mol. The van der Waals surface area contributed by atoms with E-state index in [0.29, 0.717) is 5.54 Å². The Kier molecular flexibility index (Phi) is 4.55. The summed E-state index contributed by atoms with van der Waals surface area (Å²) in [5.41, 5.74) is 1.03. The maximum absolute atomic E-state index is 6.20. The molecular formula is C20H30BNO2Si. The second-order valence-corrected chi connectivity index (χ2v) is 13.4. The number of allylic oxidation sites excluding steroid dienone is 3. The van der Waals surface area contributed by atoms with Crippen LogP contribution in [0.15, 0.2) is 54.4 Å². The first kappa shape index (κ1) is 18.5. The van der Waals surface area contributed by atoms with Crippen molar-refractivity contribution in [1.29, 1.82) is 0 Å². The number of rotatable bonds is 3. The van der Waals surface area contributed by atoms with E-state index in [-0.39, 0.29) is 18.5 Å². The molecule has 0 radical (unpaired) electrons. The Bertz CT molecular complexity index is 681. The van der Waals surface area contributed by atoms with Gasteiger partial charge in [0.05, 0.1) is 19.3 Å². The molecule has 5 heteroatoms. The minimum absolute atomic E-state index is 0.319. The lowest BCUT2D eigenvalue weighted by Gasteiger charge is -2.35. The van der Waals surface area contributed by atoms with Crippen LogP contribution < -0.4 is 5.19 Å². The molecule has 25 heavy (non-hydrogen) atoms. The van der Waals surface area contributed by atoms with Gasteiger partial charge >= 0.3 is 7.25 Å². The highest BCUT2D eigenvalue weighted by molar-refractivity contribution is 6.91. The van der Waals surface area contributed by atoms with Crippen LogP contribution in [0.2, 0.25) is 18.6 Å². The molecule has 2 aliphatic heterocycles. The zero-order valence-corrected chi connectivity index (χ0v) is 17.5. The molecule has 3 nitrogen and oxygen atoms in total. The summed E-state index contributed by atoms with van der Waals surface area (Å²) in [4.78, 5) is 2.11.